The number of hydrogen-bond acceptors (Lipinski definition) is 11. The molecule has 1 aliphatic heterocycles. The summed E-state index contributed by atoms with van der Waals surface area (Å²) in [5.41, 5.74) is 4.37. The quantitative estimate of drug-likeness (QED) is 0.176. The molecule has 1 fully saturated rings. The number of hydrogen-bond donors (Lipinski definition) is 8. The van der Waals surface area contributed by atoms with Gasteiger partial charge in [-0.15, -0.1) is 4.86 Å². The van der Waals surface area contributed by atoms with E-state index in [0.717, 1.165) is 15.6 Å². The Balaban J connectivity index is 2.22. The molecular weight excluding hydrogens is 465 g/mol. The van der Waals surface area contributed by atoms with Crippen LogP contribution in [-0.2, 0) is 27.3 Å². The number of nitrogens with one attached hydrogen (secondary N) is 1. The molecule has 20 heteroatoms. The lowest BCUT2D eigenvalue weighted by Crippen LogP contribution is -2.38. The molecule has 0 aliphatic carbocycles. The monoisotopic (exact) mass is 482 g/mol. The van der Waals surface area contributed by atoms with Crippen LogP contribution in [-0.4, -0.2) is 64.3 Å². The van der Waals surface area contributed by atoms with Crippen LogP contribution in [0.5, 0.6) is 0 Å². The van der Waals surface area contributed by atoms with Crippen LogP contribution in [0.1, 0.15) is 6.23 Å². The van der Waals surface area contributed by atoms with Crippen LogP contribution in [0.2, 0.25) is 0 Å². The van der Waals surface area contributed by atoms with Gasteiger partial charge in [-0.25, -0.2) is 18.5 Å². The number of aliphatic hydroxyl groups excluding tert-OH is 2. The Labute approximate surface area is 161 Å². The zero-order valence-electron chi connectivity index (χ0n) is 14.0. The molecule has 2 heterocycles. The molecule has 2 unspecified atom stereocenters. The summed E-state index contributed by atoms with van der Waals surface area (Å²) in [5.74, 6) is -0.141. The van der Waals surface area contributed by atoms with Crippen molar-refractivity contribution in [2.24, 2.45) is 0 Å². The maximum Gasteiger partial charge on any atom is 0.477 e. The van der Waals surface area contributed by atoms with Gasteiger partial charge in [-0.05, 0) is 6.07 Å². The van der Waals surface area contributed by atoms with Gasteiger partial charge >= 0.3 is 29.0 Å². The van der Waals surface area contributed by atoms with Crippen LogP contribution < -0.4 is 16.3 Å². The first-order valence-corrected chi connectivity index (χ1v) is 12.0. The maximum atomic E-state index is 12.0. The summed E-state index contributed by atoms with van der Waals surface area (Å²) in [5, 5.41) is 19.7. The van der Waals surface area contributed by atoms with E-state index in [-0.39, 0.29) is 5.82 Å². The second-order valence-corrected chi connectivity index (χ2v) is 10.3. The molecule has 1 aromatic heterocycles. The van der Waals surface area contributed by atoms with E-state index in [9.17, 15) is 38.5 Å². The number of aliphatic hydroxyl groups is 2. The molecule has 9 N–H and O–H groups in total. The van der Waals surface area contributed by atoms with Crippen molar-refractivity contribution in [3.63, 3.8) is 0 Å². The molecule has 0 amide bonds. The first-order valence-electron chi connectivity index (χ1n) is 7.33. The van der Waals surface area contributed by atoms with Gasteiger partial charge in [0, 0.05) is 6.20 Å². The number of rotatable bonds is 8. The zero-order chi connectivity index (χ0) is 22.2. The molecule has 0 radical (unpaired) electrons. The molecule has 6 atom stereocenters. The van der Waals surface area contributed by atoms with Crippen molar-refractivity contribution in [1.29, 1.82) is 0 Å². The van der Waals surface area contributed by atoms with Crippen molar-refractivity contribution < 1.29 is 57.1 Å². The number of phosphoric acid groups is 1. The number of aromatic nitrogens is 2. The van der Waals surface area contributed by atoms with Gasteiger partial charge in [0.15, 0.2) is 6.23 Å². The van der Waals surface area contributed by atoms with Crippen molar-refractivity contribution in [2.45, 2.75) is 24.5 Å². The summed E-state index contributed by atoms with van der Waals surface area (Å²) < 4.78 is 48.2. The number of anilines is 1. The fraction of sp³-hybridized carbons (Fsp3) is 0.556. The summed E-state index contributed by atoms with van der Waals surface area (Å²) in [4.78, 5) is 52.3. The van der Waals surface area contributed by atoms with Crippen molar-refractivity contribution in [3.05, 3.63) is 22.7 Å². The van der Waals surface area contributed by atoms with E-state index < -0.39 is 60.2 Å². The SMILES string of the molecule is Nc1ccn([C@@H]2O[C@H](CO)[C@@H](OP(=O)(O)NP(=O)(O)OP(=O)(O)O)[C@H]2O)c(=O)n1. The summed E-state index contributed by atoms with van der Waals surface area (Å²) in [6.07, 6.45) is -5.68. The van der Waals surface area contributed by atoms with E-state index in [4.69, 9.17) is 20.3 Å². The van der Waals surface area contributed by atoms with Gasteiger partial charge < -0.3 is 40.3 Å². The summed E-state index contributed by atoms with van der Waals surface area (Å²) >= 11 is 0. The Bertz CT molecular complexity index is 948. The molecule has 1 aromatic rings. The molecular formula is C9H17N4O13P3. The van der Waals surface area contributed by atoms with Crippen LogP contribution in [0.4, 0.5) is 5.82 Å². The standard InChI is InChI=1S/C9H17N4O13P3/c10-5-1-2-13(9(16)11-5)8-6(15)7(4(3-14)24-8)25-27(17,18)12-28(19,20)26-29(21,22)23/h1-2,4,6-8,14-15H,3H2,(H2,10,11,16)(H2,21,22,23)(H3,12,17,18,19,20)/t4-,6-,7-,8-/m1/s1. The Morgan fingerprint density at radius 2 is 1.86 bits per heavy atom. The number of nitrogens with two attached hydrogens (primary N) is 1. The van der Waals surface area contributed by atoms with E-state index in [1.165, 1.54) is 6.07 Å². The molecule has 166 valence electrons. The third kappa shape index (κ3) is 6.47. The van der Waals surface area contributed by atoms with Crippen molar-refractivity contribution >= 4 is 29.1 Å². The minimum absolute atomic E-state index is 0.141. The van der Waals surface area contributed by atoms with E-state index in [0.29, 0.717) is 0 Å². The highest BCUT2D eigenvalue weighted by Crippen LogP contribution is 2.60. The van der Waals surface area contributed by atoms with Crippen LogP contribution in [0.3, 0.4) is 0 Å². The van der Waals surface area contributed by atoms with Crippen molar-refractivity contribution in [2.75, 3.05) is 12.3 Å². The topological polar surface area (TPSA) is 273 Å². The van der Waals surface area contributed by atoms with Crippen LogP contribution >= 0.6 is 23.3 Å². The lowest BCUT2D eigenvalue weighted by Gasteiger charge is -2.24. The van der Waals surface area contributed by atoms with Gasteiger partial charge in [0.05, 0.1) is 6.61 Å². The van der Waals surface area contributed by atoms with Gasteiger partial charge in [0.1, 0.15) is 24.1 Å². The minimum atomic E-state index is -5.54. The van der Waals surface area contributed by atoms with Crippen LogP contribution in [0.15, 0.2) is 17.1 Å². The average Bonchev–Trinajstić information content (AvgIpc) is 2.79. The van der Waals surface area contributed by atoms with Crippen molar-refractivity contribution in [3.8, 4) is 0 Å². The molecule has 0 saturated carbocycles. The van der Waals surface area contributed by atoms with E-state index >= 15 is 0 Å². The minimum Gasteiger partial charge on any atom is -0.394 e. The molecule has 1 aliphatic rings. The Morgan fingerprint density at radius 3 is 2.38 bits per heavy atom. The van der Waals surface area contributed by atoms with E-state index in [2.05, 4.69) is 13.8 Å². The Hall–Kier alpha value is -1.03. The van der Waals surface area contributed by atoms with Crippen molar-refractivity contribution in [1.82, 2.24) is 14.4 Å². The highest BCUT2D eigenvalue weighted by atomic mass is 31.3. The lowest BCUT2D eigenvalue weighted by molar-refractivity contribution is -0.0545. The molecule has 2 rings (SSSR count). The maximum absolute atomic E-state index is 12.0. The molecule has 17 nitrogen and oxygen atoms in total. The van der Waals surface area contributed by atoms with Gasteiger partial charge in [-0.3, -0.25) is 9.09 Å². The third-order valence-corrected chi connectivity index (χ3v) is 7.64. The van der Waals surface area contributed by atoms with Gasteiger partial charge in [0.25, 0.3) is 0 Å². The fourth-order valence-electron chi connectivity index (χ4n) is 2.36. The van der Waals surface area contributed by atoms with E-state index in [1.807, 2.05) is 0 Å². The predicted octanol–water partition coefficient (Wildman–Crippen LogP) is -2.64. The van der Waals surface area contributed by atoms with Gasteiger partial charge in [-0.1, -0.05) is 0 Å². The largest absolute Gasteiger partial charge is 0.477 e. The normalized spacial score (nSPS) is 29.3. The number of ether oxygens (including phenoxy) is 1. The predicted molar refractivity (Wildman–Crippen MR) is 90.7 cm³/mol. The molecule has 29 heavy (non-hydrogen) atoms. The van der Waals surface area contributed by atoms with Crippen LogP contribution in [0.25, 0.3) is 0 Å². The molecule has 0 bridgehead atoms. The molecule has 0 aromatic carbocycles. The Morgan fingerprint density at radius 1 is 1.24 bits per heavy atom. The first kappa shape index (κ1) is 24.2. The smallest absolute Gasteiger partial charge is 0.394 e. The zero-order valence-corrected chi connectivity index (χ0v) is 16.7. The third-order valence-electron chi connectivity index (χ3n) is 3.35. The second-order valence-electron chi connectivity index (χ2n) is 5.56. The summed E-state index contributed by atoms with van der Waals surface area (Å²) in [6, 6.07) is 1.18. The van der Waals surface area contributed by atoms with Crippen LogP contribution in [0, 0.1) is 0 Å². The number of nitrogen functional groups attached to an aromatic ring is 1. The molecule has 0 spiro atoms. The Kier molecular flexibility index (Phi) is 7.20. The van der Waals surface area contributed by atoms with E-state index in [1.54, 1.807) is 0 Å². The molecule has 1 saturated heterocycles. The van der Waals surface area contributed by atoms with Gasteiger partial charge in [0.2, 0.25) is 0 Å². The fourth-order valence-corrected chi connectivity index (χ4v) is 6.04. The summed E-state index contributed by atoms with van der Waals surface area (Å²) in [7, 11) is -16.5. The van der Waals surface area contributed by atoms with Gasteiger partial charge in [-0.2, -0.15) is 9.29 Å². The second kappa shape index (κ2) is 8.61. The highest BCUT2D eigenvalue weighted by molar-refractivity contribution is 7.70. The number of nitrogens with zero attached hydrogens (tertiary/aromatic N) is 2. The highest BCUT2D eigenvalue weighted by Gasteiger charge is 2.50. The first-order chi connectivity index (χ1) is 13.1. The lowest BCUT2D eigenvalue weighted by atomic mass is 10.1. The summed E-state index contributed by atoms with van der Waals surface area (Å²) in [6.45, 7) is -0.884. The average molecular weight is 482 g/mol.